The largest absolute Gasteiger partial charge is 0.307 e. The number of H-pyrrole nitrogens is 1. The van der Waals surface area contributed by atoms with Gasteiger partial charge in [-0.15, -0.1) is 0 Å². The van der Waals surface area contributed by atoms with Crippen LogP contribution in [0.15, 0.2) is 29.6 Å². The summed E-state index contributed by atoms with van der Waals surface area (Å²) in [5.41, 5.74) is 2.24. The molecule has 2 heterocycles. The van der Waals surface area contributed by atoms with Crippen LogP contribution in [-0.2, 0) is 10.0 Å². The van der Waals surface area contributed by atoms with E-state index < -0.39 is 16.1 Å². The number of hydrazine groups is 1. The van der Waals surface area contributed by atoms with Crippen LogP contribution >= 0.6 is 0 Å². The van der Waals surface area contributed by atoms with Crippen molar-refractivity contribution in [3.63, 3.8) is 0 Å². The van der Waals surface area contributed by atoms with Crippen molar-refractivity contribution in [2.45, 2.75) is 17.9 Å². The van der Waals surface area contributed by atoms with E-state index in [2.05, 4.69) is 30.3 Å². The molecule has 0 aliphatic heterocycles. The van der Waals surface area contributed by atoms with Crippen molar-refractivity contribution in [2.24, 2.45) is 5.84 Å². The fourth-order valence-corrected chi connectivity index (χ4v) is 2.82. The summed E-state index contributed by atoms with van der Waals surface area (Å²) in [5.74, 6) is 5.72. The highest BCUT2D eigenvalue weighted by molar-refractivity contribution is 7.89. The van der Waals surface area contributed by atoms with E-state index in [4.69, 9.17) is 5.84 Å². The number of aromatic nitrogens is 4. The molecule has 9 nitrogen and oxygen atoms in total. The van der Waals surface area contributed by atoms with Gasteiger partial charge in [-0.2, -0.15) is 5.10 Å². The van der Waals surface area contributed by atoms with Gasteiger partial charge in [-0.3, -0.25) is 5.10 Å². The van der Waals surface area contributed by atoms with Crippen LogP contribution in [-0.4, -0.2) is 28.6 Å². The molecule has 2 rings (SSSR count). The number of nitrogens with two attached hydrogens (primary N) is 1. The number of anilines is 1. The highest BCUT2D eigenvalue weighted by Crippen LogP contribution is 2.19. The average Bonchev–Trinajstić information content (AvgIpc) is 2.92. The van der Waals surface area contributed by atoms with Crippen molar-refractivity contribution in [1.29, 1.82) is 0 Å². The lowest BCUT2D eigenvalue weighted by Gasteiger charge is -2.13. The molecule has 0 aliphatic carbocycles. The molecule has 0 spiro atoms. The summed E-state index contributed by atoms with van der Waals surface area (Å²) in [6, 6.07) is 2.35. The smallest absolute Gasteiger partial charge is 0.244 e. The molecule has 0 saturated heterocycles. The summed E-state index contributed by atoms with van der Waals surface area (Å²) >= 11 is 0. The van der Waals surface area contributed by atoms with E-state index in [0.717, 1.165) is 0 Å². The van der Waals surface area contributed by atoms with E-state index in [1.54, 1.807) is 6.92 Å². The van der Waals surface area contributed by atoms with Crippen molar-refractivity contribution in [2.75, 3.05) is 5.43 Å². The molecule has 1 unspecified atom stereocenters. The number of nitrogens with one attached hydrogen (secondary N) is 3. The first-order chi connectivity index (χ1) is 9.04. The number of hydrogen-bond acceptors (Lipinski definition) is 7. The Bertz CT molecular complexity index is 640. The Morgan fingerprint density at radius 1 is 1.42 bits per heavy atom. The third-order valence-electron chi connectivity index (χ3n) is 2.37. The Morgan fingerprint density at radius 3 is 2.84 bits per heavy atom. The number of rotatable bonds is 5. The Balaban J connectivity index is 2.28. The number of hydrogen-bond donors (Lipinski definition) is 4. The Morgan fingerprint density at radius 2 is 2.21 bits per heavy atom. The van der Waals surface area contributed by atoms with Crippen LogP contribution in [0.1, 0.15) is 18.8 Å². The molecule has 2 aromatic rings. The van der Waals surface area contributed by atoms with Gasteiger partial charge in [-0.1, -0.05) is 0 Å². The first-order valence-corrected chi connectivity index (χ1v) is 6.82. The maximum atomic E-state index is 12.2. The number of aromatic amines is 1. The SMILES string of the molecule is CC(NS(=O)(=O)c1cccnc1NN)c1ncn[nH]1. The van der Waals surface area contributed by atoms with E-state index in [1.807, 2.05) is 0 Å². The van der Waals surface area contributed by atoms with Gasteiger partial charge in [0.25, 0.3) is 0 Å². The van der Waals surface area contributed by atoms with Gasteiger partial charge in [-0.25, -0.2) is 29.0 Å². The second-order valence-electron chi connectivity index (χ2n) is 3.71. The summed E-state index contributed by atoms with van der Waals surface area (Å²) in [5, 5.41) is 6.26. The summed E-state index contributed by atoms with van der Waals surface area (Å²) in [4.78, 5) is 7.69. The van der Waals surface area contributed by atoms with Crippen molar-refractivity contribution in [3.8, 4) is 0 Å². The summed E-state index contributed by atoms with van der Waals surface area (Å²) < 4.78 is 26.9. The van der Waals surface area contributed by atoms with Crippen molar-refractivity contribution < 1.29 is 8.42 Å². The zero-order chi connectivity index (χ0) is 13.9. The zero-order valence-corrected chi connectivity index (χ0v) is 10.8. The van der Waals surface area contributed by atoms with Gasteiger partial charge in [0.15, 0.2) is 5.82 Å². The summed E-state index contributed by atoms with van der Waals surface area (Å²) in [6.45, 7) is 1.64. The molecule has 10 heteroatoms. The minimum Gasteiger partial charge on any atom is -0.307 e. The number of sulfonamides is 1. The third-order valence-corrected chi connectivity index (χ3v) is 3.94. The second kappa shape index (κ2) is 5.30. The van der Waals surface area contributed by atoms with E-state index in [0.29, 0.717) is 5.82 Å². The van der Waals surface area contributed by atoms with Crippen LogP contribution < -0.4 is 16.0 Å². The fraction of sp³-hybridized carbons (Fsp3) is 0.222. The Labute approximate surface area is 109 Å². The molecule has 0 amide bonds. The normalized spacial score (nSPS) is 13.2. The molecule has 0 fully saturated rings. The van der Waals surface area contributed by atoms with Gasteiger partial charge in [-0.05, 0) is 19.1 Å². The molecule has 0 radical (unpaired) electrons. The predicted molar refractivity (Wildman–Crippen MR) is 67.2 cm³/mol. The quantitative estimate of drug-likeness (QED) is 0.429. The van der Waals surface area contributed by atoms with Crippen molar-refractivity contribution in [1.82, 2.24) is 24.9 Å². The number of nitrogens with zero attached hydrogens (tertiary/aromatic N) is 3. The third kappa shape index (κ3) is 2.86. The highest BCUT2D eigenvalue weighted by Gasteiger charge is 2.23. The van der Waals surface area contributed by atoms with Crippen LogP contribution in [0, 0.1) is 0 Å². The molecule has 102 valence electrons. The lowest BCUT2D eigenvalue weighted by Crippen LogP contribution is -2.29. The van der Waals surface area contributed by atoms with Crippen molar-refractivity contribution >= 4 is 15.8 Å². The molecule has 5 N–H and O–H groups in total. The molecule has 0 bridgehead atoms. The fourth-order valence-electron chi connectivity index (χ4n) is 1.49. The Hall–Kier alpha value is -2.04. The standard InChI is InChI=1S/C9H13N7O2S/c1-6(8-12-5-13-15-8)16-19(17,18)7-3-2-4-11-9(7)14-10/h2-6,16H,10H2,1H3,(H,11,14)(H,12,13,15). The first kappa shape index (κ1) is 13.4. The summed E-state index contributed by atoms with van der Waals surface area (Å²) in [6.07, 6.45) is 2.74. The molecule has 0 saturated carbocycles. The molecular weight excluding hydrogens is 270 g/mol. The topological polar surface area (TPSA) is 139 Å². The minimum atomic E-state index is -3.77. The summed E-state index contributed by atoms with van der Waals surface area (Å²) in [7, 11) is -3.77. The van der Waals surface area contributed by atoms with Gasteiger partial charge in [0.05, 0.1) is 6.04 Å². The molecule has 19 heavy (non-hydrogen) atoms. The van der Waals surface area contributed by atoms with E-state index in [1.165, 1.54) is 24.7 Å². The van der Waals surface area contributed by atoms with Crippen molar-refractivity contribution in [3.05, 3.63) is 30.5 Å². The highest BCUT2D eigenvalue weighted by atomic mass is 32.2. The Kier molecular flexibility index (Phi) is 3.74. The van der Waals surface area contributed by atoms with Gasteiger partial charge < -0.3 is 5.43 Å². The van der Waals surface area contributed by atoms with Gasteiger partial charge in [0.1, 0.15) is 17.0 Å². The van der Waals surface area contributed by atoms with E-state index in [-0.39, 0.29) is 10.7 Å². The lowest BCUT2D eigenvalue weighted by atomic mass is 10.3. The lowest BCUT2D eigenvalue weighted by molar-refractivity contribution is 0.560. The molecule has 0 aromatic carbocycles. The molecule has 1 atom stereocenters. The maximum Gasteiger partial charge on any atom is 0.244 e. The van der Waals surface area contributed by atoms with Gasteiger partial charge >= 0.3 is 0 Å². The monoisotopic (exact) mass is 283 g/mol. The van der Waals surface area contributed by atoms with E-state index in [9.17, 15) is 8.42 Å². The van der Waals surface area contributed by atoms with Crippen LogP contribution in [0.25, 0.3) is 0 Å². The maximum absolute atomic E-state index is 12.2. The number of pyridine rings is 1. The average molecular weight is 283 g/mol. The van der Waals surface area contributed by atoms with Gasteiger partial charge in [0.2, 0.25) is 10.0 Å². The van der Waals surface area contributed by atoms with E-state index >= 15 is 0 Å². The molecule has 0 aliphatic rings. The minimum absolute atomic E-state index is 0.0381. The van der Waals surface area contributed by atoms with Gasteiger partial charge in [0, 0.05) is 6.20 Å². The molecule has 2 aromatic heterocycles. The van der Waals surface area contributed by atoms with Crippen LogP contribution in [0.5, 0.6) is 0 Å². The first-order valence-electron chi connectivity index (χ1n) is 5.34. The van der Waals surface area contributed by atoms with Crippen LogP contribution in [0.4, 0.5) is 5.82 Å². The van der Waals surface area contributed by atoms with Crippen LogP contribution in [0.2, 0.25) is 0 Å². The van der Waals surface area contributed by atoms with Crippen LogP contribution in [0.3, 0.4) is 0 Å². The number of nitrogen functional groups attached to an aromatic ring is 1. The predicted octanol–water partition coefficient (Wildman–Crippen LogP) is -0.475. The molecular formula is C9H13N7O2S. The zero-order valence-electron chi connectivity index (χ0n) is 10.0. The second-order valence-corrected chi connectivity index (χ2v) is 5.39.